The maximum Gasteiger partial charge on any atom is 0.237 e. The van der Waals surface area contributed by atoms with Gasteiger partial charge in [-0.15, -0.1) is 0 Å². The molecule has 4 heteroatoms. The second kappa shape index (κ2) is 5.75. The number of anilines is 1. The van der Waals surface area contributed by atoms with E-state index < -0.39 is 0 Å². The molecule has 0 aliphatic carbocycles. The largest absolute Gasteiger partial charge is 0.494 e. The number of carbonyl (C=O) groups is 1. The highest BCUT2D eigenvalue weighted by Gasteiger charge is 2.08. The van der Waals surface area contributed by atoms with Crippen LogP contribution in [0.2, 0.25) is 0 Å². The molecule has 82 valence electrons. The van der Waals surface area contributed by atoms with Crippen LogP contribution in [0.25, 0.3) is 0 Å². The number of nitrogens with one attached hydrogen (secondary N) is 1. The van der Waals surface area contributed by atoms with Gasteiger partial charge in [0.25, 0.3) is 0 Å². The van der Waals surface area contributed by atoms with E-state index in [1.54, 1.807) is 6.92 Å². The zero-order chi connectivity index (χ0) is 11.3. The number of amides is 1. The molecule has 0 unspecified atom stereocenters. The van der Waals surface area contributed by atoms with Crippen LogP contribution in [0.5, 0.6) is 5.75 Å². The molecular formula is C11H14BrNO2. The van der Waals surface area contributed by atoms with Gasteiger partial charge in [0.1, 0.15) is 5.75 Å². The fourth-order valence-corrected chi connectivity index (χ4v) is 1.16. The number of halogens is 1. The van der Waals surface area contributed by atoms with Gasteiger partial charge in [-0.05, 0) is 38.1 Å². The number of hydrogen-bond donors (Lipinski definition) is 1. The average molecular weight is 272 g/mol. The lowest BCUT2D eigenvalue weighted by atomic mass is 10.3. The van der Waals surface area contributed by atoms with Gasteiger partial charge < -0.3 is 10.1 Å². The maximum atomic E-state index is 11.3. The van der Waals surface area contributed by atoms with Crippen molar-refractivity contribution in [1.82, 2.24) is 0 Å². The number of rotatable bonds is 4. The number of carbonyl (C=O) groups excluding carboxylic acids is 1. The van der Waals surface area contributed by atoms with Gasteiger partial charge in [-0.1, -0.05) is 15.9 Å². The van der Waals surface area contributed by atoms with Gasteiger partial charge in [0.15, 0.2) is 0 Å². The van der Waals surface area contributed by atoms with E-state index in [1.165, 1.54) is 0 Å². The number of alkyl halides is 1. The Morgan fingerprint density at radius 3 is 2.53 bits per heavy atom. The van der Waals surface area contributed by atoms with Crippen LogP contribution in [0.3, 0.4) is 0 Å². The van der Waals surface area contributed by atoms with Gasteiger partial charge >= 0.3 is 0 Å². The summed E-state index contributed by atoms with van der Waals surface area (Å²) in [6, 6.07) is 7.30. The summed E-state index contributed by atoms with van der Waals surface area (Å²) >= 11 is 3.20. The van der Waals surface area contributed by atoms with Crippen LogP contribution >= 0.6 is 15.9 Å². The van der Waals surface area contributed by atoms with Crippen LogP contribution in [0, 0.1) is 0 Å². The first-order valence-corrected chi connectivity index (χ1v) is 5.73. The fraction of sp³-hybridized carbons (Fsp3) is 0.364. The average Bonchev–Trinajstić information content (AvgIpc) is 2.21. The topological polar surface area (TPSA) is 38.3 Å². The molecule has 15 heavy (non-hydrogen) atoms. The first-order valence-electron chi connectivity index (χ1n) is 4.81. The number of benzene rings is 1. The lowest BCUT2D eigenvalue weighted by molar-refractivity contribution is -0.115. The van der Waals surface area contributed by atoms with Crippen LogP contribution in [0.15, 0.2) is 24.3 Å². The highest BCUT2D eigenvalue weighted by molar-refractivity contribution is 9.10. The monoisotopic (exact) mass is 271 g/mol. The Bertz CT molecular complexity index is 322. The van der Waals surface area contributed by atoms with Crippen LogP contribution in [-0.2, 0) is 4.79 Å². The zero-order valence-corrected chi connectivity index (χ0v) is 10.4. The van der Waals surface area contributed by atoms with Gasteiger partial charge in [-0.3, -0.25) is 4.79 Å². The summed E-state index contributed by atoms with van der Waals surface area (Å²) in [4.78, 5) is 11.1. The summed E-state index contributed by atoms with van der Waals surface area (Å²) in [5.41, 5.74) is 0.773. The molecule has 0 aromatic heterocycles. The summed E-state index contributed by atoms with van der Waals surface area (Å²) in [5, 5.41) is 2.77. The molecule has 0 aliphatic heterocycles. The van der Waals surface area contributed by atoms with Crippen LogP contribution in [-0.4, -0.2) is 17.3 Å². The molecule has 1 rings (SSSR count). The number of ether oxygens (including phenoxy) is 1. The summed E-state index contributed by atoms with van der Waals surface area (Å²) in [7, 11) is 0. The van der Waals surface area contributed by atoms with Gasteiger partial charge in [-0.25, -0.2) is 0 Å². The molecule has 3 nitrogen and oxygen atoms in total. The molecule has 0 bridgehead atoms. The Balaban J connectivity index is 2.60. The van der Waals surface area contributed by atoms with Crippen molar-refractivity contribution in [3.63, 3.8) is 0 Å². The predicted octanol–water partition coefficient (Wildman–Crippen LogP) is 2.81. The minimum atomic E-state index is -0.191. The van der Waals surface area contributed by atoms with Crippen molar-refractivity contribution < 1.29 is 9.53 Å². The van der Waals surface area contributed by atoms with Gasteiger partial charge in [-0.2, -0.15) is 0 Å². The van der Waals surface area contributed by atoms with E-state index in [0.29, 0.717) is 6.61 Å². The molecule has 1 amide bonds. The van der Waals surface area contributed by atoms with Crippen molar-refractivity contribution >= 4 is 27.5 Å². The van der Waals surface area contributed by atoms with Crippen molar-refractivity contribution in [3.05, 3.63) is 24.3 Å². The molecule has 1 aromatic carbocycles. The smallest absolute Gasteiger partial charge is 0.237 e. The van der Waals surface area contributed by atoms with E-state index in [0.717, 1.165) is 11.4 Å². The molecule has 1 aromatic rings. The lowest BCUT2D eigenvalue weighted by Gasteiger charge is -2.07. The Morgan fingerprint density at radius 2 is 2.07 bits per heavy atom. The minimum absolute atomic E-state index is 0.0563. The lowest BCUT2D eigenvalue weighted by Crippen LogP contribution is -2.19. The Labute approximate surface area is 97.9 Å². The SMILES string of the molecule is CCOc1ccc(NC(=O)[C@@H](C)Br)cc1. The van der Waals surface area contributed by atoms with Crippen LogP contribution in [0.1, 0.15) is 13.8 Å². The second-order valence-electron chi connectivity index (χ2n) is 3.06. The first kappa shape index (κ1) is 12.0. The van der Waals surface area contributed by atoms with Crippen molar-refractivity contribution in [3.8, 4) is 5.75 Å². The molecular weight excluding hydrogens is 258 g/mol. The molecule has 0 heterocycles. The highest BCUT2D eigenvalue weighted by Crippen LogP contribution is 2.16. The van der Waals surface area contributed by atoms with E-state index in [1.807, 2.05) is 31.2 Å². The van der Waals surface area contributed by atoms with E-state index >= 15 is 0 Å². The van der Waals surface area contributed by atoms with Crippen molar-refractivity contribution in [2.45, 2.75) is 18.7 Å². The maximum absolute atomic E-state index is 11.3. The standard InChI is InChI=1S/C11H14BrNO2/c1-3-15-10-6-4-9(5-7-10)13-11(14)8(2)12/h4-8H,3H2,1-2H3,(H,13,14)/t8-/m1/s1. The van der Waals surface area contributed by atoms with E-state index in [2.05, 4.69) is 21.2 Å². The first-order chi connectivity index (χ1) is 7.13. The Kier molecular flexibility index (Phi) is 4.62. The third-order valence-corrected chi connectivity index (χ3v) is 2.21. The van der Waals surface area contributed by atoms with Crippen molar-refractivity contribution in [1.29, 1.82) is 0 Å². The molecule has 0 saturated heterocycles. The van der Waals surface area contributed by atoms with E-state index in [-0.39, 0.29) is 10.7 Å². The van der Waals surface area contributed by atoms with E-state index in [4.69, 9.17) is 4.74 Å². The summed E-state index contributed by atoms with van der Waals surface area (Å²) in [6.45, 7) is 4.36. The molecule has 0 spiro atoms. The molecule has 0 saturated carbocycles. The third-order valence-electron chi connectivity index (χ3n) is 1.79. The zero-order valence-electron chi connectivity index (χ0n) is 8.79. The molecule has 1 atom stereocenters. The quantitative estimate of drug-likeness (QED) is 0.856. The summed E-state index contributed by atoms with van der Waals surface area (Å²) in [5.74, 6) is 0.751. The van der Waals surface area contributed by atoms with Crippen molar-refractivity contribution in [2.75, 3.05) is 11.9 Å². The Morgan fingerprint density at radius 1 is 1.47 bits per heavy atom. The minimum Gasteiger partial charge on any atom is -0.494 e. The van der Waals surface area contributed by atoms with Crippen molar-refractivity contribution in [2.24, 2.45) is 0 Å². The van der Waals surface area contributed by atoms with E-state index in [9.17, 15) is 4.79 Å². The normalized spacial score (nSPS) is 11.9. The molecule has 0 aliphatic rings. The van der Waals surface area contributed by atoms with Crippen LogP contribution < -0.4 is 10.1 Å². The summed E-state index contributed by atoms with van der Waals surface area (Å²) < 4.78 is 5.29. The van der Waals surface area contributed by atoms with Crippen LogP contribution in [0.4, 0.5) is 5.69 Å². The Hall–Kier alpha value is -1.03. The number of hydrogen-bond acceptors (Lipinski definition) is 2. The molecule has 0 radical (unpaired) electrons. The molecule has 0 fully saturated rings. The second-order valence-corrected chi connectivity index (χ2v) is 4.44. The van der Waals surface area contributed by atoms with Gasteiger partial charge in [0.05, 0.1) is 11.4 Å². The predicted molar refractivity (Wildman–Crippen MR) is 64.6 cm³/mol. The fourth-order valence-electron chi connectivity index (χ4n) is 1.04. The highest BCUT2D eigenvalue weighted by atomic mass is 79.9. The third kappa shape index (κ3) is 3.91. The van der Waals surface area contributed by atoms with Gasteiger partial charge in [0.2, 0.25) is 5.91 Å². The van der Waals surface area contributed by atoms with Gasteiger partial charge in [0, 0.05) is 5.69 Å². The summed E-state index contributed by atoms with van der Waals surface area (Å²) in [6.07, 6.45) is 0. The molecule has 1 N–H and O–H groups in total.